The SMILES string of the molecule is Cc1c(N)c(N)cc2c1C(=O)N(C1CCN(C)CC1)C2=O. The lowest BCUT2D eigenvalue weighted by atomic mass is 10.0. The average molecular weight is 288 g/mol. The molecule has 1 aromatic rings. The summed E-state index contributed by atoms with van der Waals surface area (Å²) in [6.07, 6.45) is 1.62. The van der Waals surface area contributed by atoms with Gasteiger partial charge in [0.1, 0.15) is 0 Å². The lowest BCUT2D eigenvalue weighted by molar-refractivity contribution is 0.0516. The Morgan fingerprint density at radius 1 is 1.14 bits per heavy atom. The van der Waals surface area contributed by atoms with Crippen LogP contribution in [0.15, 0.2) is 6.07 Å². The lowest BCUT2D eigenvalue weighted by Gasteiger charge is -2.33. The quantitative estimate of drug-likeness (QED) is 0.590. The van der Waals surface area contributed by atoms with E-state index in [0.717, 1.165) is 25.9 Å². The molecule has 2 amide bonds. The van der Waals surface area contributed by atoms with Crippen LogP contribution in [0.3, 0.4) is 0 Å². The molecular formula is C15H20N4O2. The van der Waals surface area contributed by atoms with E-state index in [-0.39, 0.29) is 17.9 Å². The van der Waals surface area contributed by atoms with Crippen molar-refractivity contribution in [2.24, 2.45) is 0 Å². The number of amides is 2. The highest BCUT2D eigenvalue weighted by Gasteiger charge is 2.42. The zero-order chi connectivity index (χ0) is 15.3. The molecule has 0 saturated carbocycles. The number of anilines is 2. The number of hydrogen-bond acceptors (Lipinski definition) is 5. The molecule has 1 fully saturated rings. The van der Waals surface area contributed by atoms with E-state index in [9.17, 15) is 9.59 Å². The van der Waals surface area contributed by atoms with Crippen LogP contribution in [0.1, 0.15) is 39.1 Å². The first-order chi connectivity index (χ1) is 9.91. The molecule has 4 N–H and O–H groups in total. The van der Waals surface area contributed by atoms with Gasteiger partial charge in [0.05, 0.1) is 22.5 Å². The largest absolute Gasteiger partial charge is 0.397 e. The van der Waals surface area contributed by atoms with Gasteiger partial charge in [-0.3, -0.25) is 14.5 Å². The third-order valence-corrected chi connectivity index (χ3v) is 4.59. The molecule has 0 bridgehead atoms. The van der Waals surface area contributed by atoms with Crippen LogP contribution in [-0.4, -0.2) is 47.8 Å². The molecule has 0 spiro atoms. The number of carbonyl (C=O) groups is 2. The number of nitrogens with zero attached hydrogens (tertiary/aromatic N) is 2. The van der Waals surface area contributed by atoms with Crippen LogP contribution in [-0.2, 0) is 0 Å². The van der Waals surface area contributed by atoms with Gasteiger partial charge in [-0.25, -0.2) is 0 Å². The van der Waals surface area contributed by atoms with E-state index < -0.39 is 0 Å². The highest BCUT2D eigenvalue weighted by molar-refractivity contribution is 6.23. The normalized spacial score (nSPS) is 20.2. The number of nitrogen functional groups attached to an aromatic ring is 2. The monoisotopic (exact) mass is 288 g/mol. The van der Waals surface area contributed by atoms with Crippen LogP contribution in [0.5, 0.6) is 0 Å². The van der Waals surface area contributed by atoms with E-state index in [1.54, 1.807) is 6.92 Å². The molecular weight excluding hydrogens is 268 g/mol. The highest BCUT2D eigenvalue weighted by atomic mass is 16.2. The van der Waals surface area contributed by atoms with Crippen LogP contribution in [0.2, 0.25) is 0 Å². The number of carbonyl (C=O) groups excluding carboxylic acids is 2. The summed E-state index contributed by atoms with van der Waals surface area (Å²) < 4.78 is 0. The van der Waals surface area contributed by atoms with Crippen LogP contribution < -0.4 is 11.5 Å². The molecule has 6 heteroatoms. The Morgan fingerprint density at radius 3 is 2.38 bits per heavy atom. The van der Waals surface area contributed by atoms with Gasteiger partial charge in [0.25, 0.3) is 11.8 Å². The van der Waals surface area contributed by atoms with Crippen molar-refractivity contribution < 1.29 is 9.59 Å². The van der Waals surface area contributed by atoms with Crippen molar-refractivity contribution in [1.29, 1.82) is 0 Å². The predicted octanol–water partition coefficient (Wildman–Crippen LogP) is 0.850. The molecule has 112 valence electrons. The zero-order valence-corrected chi connectivity index (χ0v) is 12.3. The summed E-state index contributed by atoms with van der Waals surface area (Å²) in [6, 6.07) is 1.50. The van der Waals surface area contributed by atoms with E-state index in [1.165, 1.54) is 11.0 Å². The molecule has 2 aliphatic rings. The molecule has 2 aliphatic heterocycles. The van der Waals surface area contributed by atoms with Crippen molar-refractivity contribution in [1.82, 2.24) is 9.80 Å². The molecule has 3 rings (SSSR count). The molecule has 0 aromatic heterocycles. The topological polar surface area (TPSA) is 92.7 Å². The van der Waals surface area contributed by atoms with E-state index in [2.05, 4.69) is 4.90 Å². The number of fused-ring (bicyclic) bond motifs is 1. The van der Waals surface area contributed by atoms with E-state index in [1.807, 2.05) is 7.05 Å². The van der Waals surface area contributed by atoms with E-state index >= 15 is 0 Å². The summed E-state index contributed by atoms with van der Waals surface area (Å²) >= 11 is 0. The Labute approximate surface area is 123 Å². The van der Waals surface area contributed by atoms with Gasteiger partial charge in [-0.2, -0.15) is 0 Å². The number of piperidine rings is 1. The van der Waals surface area contributed by atoms with Crippen LogP contribution in [0, 0.1) is 6.92 Å². The molecule has 1 aromatic carbocycles. The van der Waals surface area contributed by atoms with Gasteiger partial charge >= 0.3 is 0 Å². The van der Waals surface area contributed by atoms with Crippen LogP contribution in [0.25, 0.3) is 0 Å². The maximum Gasteiger partial charge on any atom is 0.262 e. The average Bonchev–Trinajstić information content (AvgIpc) is 2.69. The molecule has 21 heavy (non-hydrogen) atoms. The summed E-state index contributed by atoms with van der Waals surface area (Å²) in [5.74, 6) is -0.465. The van der Waals surface area contributed by atoms with Gasteiger partial charge in [-0.15, -0.1) is 0 Å². The smallest absolute Gasteiger partial charge is 0.262 e. The Bertz CT molecular complexity index is 633. The molecule has 0 aliphatic carbocycles. The summed E-state index contributed by atoms with van der Waals surface area (Å²) in [6.45, 7) is 3.52. The number of rotatable bonds is 1. The van der Waals surface area contributed by atoms with Gasteiger partial charge in [-0.05, 0) is 51.5 Å². The molecule has 0 atom stereocenters. The first-order valence-electron chi connectivity index (χ1n) is 7.16. The molecule has 1 saturated heterocycles. The third kappa shape index (κ3) is 1.98. The van der Waals surface area contributed by atoms with E-state index in [0.29, 0.717) is 28.1 Å². The van der Waals surface area contributed by atoms with Gasteiger partial charge in [0.2, 0.25) is 0 Å². The minimum Gasteiger partial charge on any atom is -0.397 e. The maximum absolute atomic E-state index is 12.7. The number of imide groups is 1. The fourth-order valence-electron chi connectivity index (χ4n) is 3.23. The lowest BCUT2D eigenvalue weighted by Crippen LogP contribution is -2.46. The number of benzene rings is 1. The Hall–Kier alpha value is -2.08. The first kappa shape index (κ1) is 13.9. The Kier molecular flexibility index (Phi) is 3.13. The van der Waals surface area contributed by atoms with Gasteiger partial charge in [0, 0.05) is 6.04 Å². The van der Waals surface area contributed by atoms with Crippen molar-refractivity contribution in [3.8, 4) is 0 Å². The maximum atomic E-state index is 12.7. The molecule has 2 heterocycles. The fraction of sp³-hybridized carbons (Fsp3) is 0.467. The second-order valence-electron chi connectivity index (χ2n) is 5.94. The Balaban J connectivity index is 1.99. The van der Waals surface area contributed by atoms with Crippen molar-refractivity contribution in [3.63, 3.8) is 0 Å². The van der Waals surface area contributed by atoms with Crippen molar-refractivity contribution in [3.05, 3.63) is 22.8 Å². The highest BCUT2D eigenvalue weighted by Crippen LogP contribution is 2.35. The zero-order valence-electron chi connectivity index (χ0n) is 12.3. The van der Waals surface area contributed by atoms with Gasteiger partial charge < -0.3 is 16.4 Å². The Morgan fingerprint density at radius 2 is 1.76 bits per heavy atom. The fourth-order valence-corrected chi connectivity index (χ4v) is 3.23. The minimum atomic E-state index is -0.237. The number of likely N-dealkylation sites (tertiary alicyclic amines) is 1. The predicted molar refractivity (Wildman–Crippen MR) is 81.0 cm³/mol. The second kappa shape index (κ2) is 4.73. The standard InChI is InChI=1S/C15H20N4O2/c1-8-12-10(7-11(16)13(8)17)14(20)19(15(12)21)9-3-5-18(2)6-4-9/h7,9H,3-6,16-17H2,1-2H3. The summed E-state index contributed by atoms with van der Waals surface area (Å²) in [5.41, 5.74) is 13.9. The van der Waals surface area contributed by atoms with E-state index in [4.69, 9.17) is 11.5 Å². The van der Waals surface area contributed by atoms with Gasteiger partial charge in [0.15, 0.2) is 0 Å². The number of hydrogen-bond donors (Lipinski definition) is 2. The van der Waals surface area contributed by atoms with Crippen molar-refractivity contribution in [2.45, 2.75) is 25.8 Å². The minimum absolute atomic E-state index is 0.0320. The van der Waals surface area contributed by atoms with Gasteiger partial charge in [-0.1, -0.05) is 0 Å². The summed E-state index contributed by atoms with van der Waals surface area (Å²) in [4.78, 5) is 28.9. The van der Waals surface area contributed by atoms with Crippen LogP contribution >= 0.6 is 0 Å². The number of nitrogens with two attached hydrogens (primary N) is 2. The van der Waals surface area contributed by atoms with Crippen molar-refractivity contribution >= 4 is 23.2 Å². The third-order valence-electron chi connectivity index (χ3n) is 4.59. The molecule has 0 unspecified atom stereocenters. The first-order valence-corrected chi connectivity index (χ1v) is 7.16. The van der Waals surface area contributed by atoms with Crippen molar-refractivity contribution in [2.75, 3.05) is 31.6 Å². The summed E-state index contributed by atoms with van der Waals surface area (Å²) in [7, 11) is 2.05. The summed E-state index contributed by atoms with van der Waals surface area (Å²) in [5, 5.41) is 0. The molecule has 0 radical (unpaired) electrons. The van der Waals surface area contributed by atoms with Crippen LogP contribution in [0.4, 0.5) is 11.4 Å². The second-order valence-corrected chi connectivity index (χ2v) is 5.94. The molecule has 6 nitrogen and oxygen atoms in total.